The van der Waals surface area contributed by atoms with Crippen molar-refractivity contribution in [1.82, 2.24) is 4.98 Å². The average Bonchev–Trinajstić information content (AvgIpc) is 2.38. The summed E-state index contributed by atoms with van der Waals surface area (Å²) >= 11 is 5.88. The Balaban J connectivity index is 2.06. The van der Waals surface area contributed by atoms with Crippen molar-refractivity contribution in [2.45, 2.75) is 13.5 Å². The van der Waals surface area contributed by atoms with Crippen LogP contribution in [0.1, 0.15) is 11.3 Å². The molecular formula is C13H14ClN3O. The van der Waals surface area contributed by atoms with E-state index < -0.39 is 0 Å². The lowest BCUT2D eigenvalue weighted by Gasteiger charge is -2.09. The first-order chi connectivity index (χ1) is 8.69. The van der Waals surface area contributed by atoms with Crippen LogP contribution in [-0.4, -0.2) is 4.98 Å². The molecule has 1 heterocycles. The molecule has 18 heavy (non-hydrogen) atoms. The maximum atomic E-state index is 5.88. The molecule has 0 atom stereocenters. The molecule has 0 radical (unpaired) electrons. The SMILES string of the molecule is Cc1cc(Cl)ccc1OCc1cccc(NN)n1. The van der Waals surface area contributed by atoms with E-state index in [0.29, 0.717) is 17.4 Å². The van der Waals surface area contributed by atoms with Crippen LogP contribution in [0.5, 0.6) is 5.75 Å². The molecule has 4 nitrogen and oxygen atoms in total. The van der Waals surface area contributed by atoms with Crippen molar-refractivity contribution in [2.75, 3.05) is 5.43 Å². The molecule has 1 aromatic heterocycles. The molecule has 0 saturated heterocycles. The van der Waals surface area contributed by atoms with Gasteiger partial charge in [-0.25, -0.2) is 10.8 Å². The average molecular weight is 264 g/mol. The molecule has 0 aliphatic rings. The lowest BCUT2D eigenvalue weighted by atomic mass is 10.2. The highest BCUT2D eigenvalue weighted by atomic mass is 35.5. The van der Waals surface area contributed by atoms with E-state index in [4.69, 9.17) is 22.2 Å². The van der Waals surface area contributed by atoms with Gasteiger partial charge in [0.2, 0.25) is 0 Å². The lowest BCUT2D eigenvalue weighted by Crippen LogP contribution is -2.09. The lowest BCUT2D eigenvalue weighted by molar-refractivity contribution is 0.299. The molecule has 0 aliphatic carbocycles. The number of nitrogens with zero attached hydrogens (tertiary/aromatic N) is 1. The first-order valence-electron chi connectivity index (χ1n) is 5.50. The van der Waals surface area contributed by atoms with Gasteiger partial charge in [0.05, 0.1) is 5.69 Å². The van der Waals surface area contributed by atoms with Crippen molar-refractivity contribution in [2.24, 2.45) is 5.84 Å². The molecule has 5 heteroatoms. The Hall–Kier alpha value is -1.78. The smallest absolute Gasteiger partial charge is 0.140 e. The molecule has 0 unspecified atom stereocenters. The molecule has 0 saturated carbocycles. The Morgan fingerprint density at radius 3 is 2.89 bits per heavy atom. The molecule has 94 valence electrons. The van der Waals surface area contributed by atoms with E-state index in [2.05, 4.69) is 10.4 Å². The second-order valence-electron chi connectivity index (χ2n) is 3.86. The Morgan fingerprint density at radius 2 is 2.17 bits per heavy atom. The van der Waals surface area contributed by atoms with Crippen LogP contribution >= 0.6 is 11.6 Å². The van der Waals surface area contributed by atoms with E-state index in [1.807, 2.05) is 31.2 Å². The fourth-order valence-electron chi connectivity index (χ4n) is 1.57. The predicted octanol–water partition coefficient (Wildman–Crippen LogP) is 2.91. The van der Waals surface area contributed by atoms with Crippen LogP contribution in [0.15, 0.2) is 36.4 Å². The maximum absolute atomic E-state index is 5.88. The molecule has 0 aliphatic heterocycles. The highest BCUT2D eigenvalue weighted by Gasteiger charge is 2.02. The molecule has 1 aromatic carbocycles. The number of nitrogens with two attached hydrogens (primary N) is 1. The van der Waals surface area contributed by atoms with Crippen molar-refractivity contribution in [3.05, 3.63) is 52.7 Å². The number of hydrogen-bond donors (Lipinski definition) is 2. The summed E-state index contributed by atoms with van der Waals surface area (Å²) in [7, 11) is 0. The third-order valence-electron chi connectivity index (χ3n) is 2.47. The second-order valence-corrected chi connectivity index (χ2v) is 4.29. The van der Waals surface area contributed by atoms with Gasteiger partial charge in [-0.3, -0.25) is 0 Å². The third-order valence-corrected chi connectivity index (χ3v) is 2.70. The highest BCUT2D eigenvalue weighted by molar-refractivity contribution is 6.30. The Bertz CT molecular complexity index is 546. The number of ether oxygens (including phenoxy) is 1. The standard InChI is InChI=1S/C13H14ClN3O/c1-9-7-10(14)5-6-12(9)18-8-11-3-2-4-13(16-11)17-15/h2-7H,8,15H2,1H3,(H,16,17). The summed E-state index contributed by atoms with van der Waals surface area (Å²) < 4.78 is 5.69. The van der Waals surface area contributed by atoms with Gasteiger partial charge in [0.15, 0.2) is 0 Å². The summed E-state index contributed by atoms with van der Waals surface area (Å²) in [5.74, 6) is 6.71. The number of nitrogens with one attached hydrogen (secondary N) is 1. The molecule has 0 spiro atoms. The monoisotopic (exact) mass is 263 g/mol. The van der Waals surface area contributed by atoms with E-state index in [1.54, 1.807) is 12.1 Å². The van der Waals surface area contributed by atoms with Crippen molar-refractivity contribution < 1.29 is 4.74 Å². The van der Waals surface area contributed by atoms with Crippen LogP contribution < -0.4 is 16.0 Å². The molecule has 2 rings (SSSR count). The van der Waals surface area contributed by atoms with Gasteiger partial charge in [0, 0.05) is 5.02 Å². The predicted molar refractivity (Wildman–Crippen MR) is 72.6 cm³/mol. The molecule has 0 fully saturated rings. The number of hydrogen-bond acceptors (Lipinski definition) is 4. The van der Waals surface area contributed by atoms with E-state index in [1.165, 1.54) is 0 Å². The van der Waals surface area contributed by atoms with Gasteiger partial charge in [-0.15, -0.1) is 0 Å². The summed E-state index contributed by atoms with van der Waals surface area (Å²) in [6, 6.07) is 11.1. The van der Waals surface area contributed by atoms with Gasteiger partial charge in [0.25, 0.3) is 0 Å². The van der Waals surface area contributed by atoms with E-state index in [-0.39, 0.29) is 0 Å². The summed E-state index contributed by atoms with van der Waals surface area (Å²) in [5, 5.41) is 0.701. The Kier molecular flexibility index (Phi) is 4.02. The first-order valence-corrected chi connectivity index (χ1v) is 5.88. The Morgan fingerprint density at radius 1 is 1.33 bits per heavy atom. The van der Waals surface area contributed by atoms with Crippen LogP contribution in [0, 0.1) is 6.92 Å². The summed E-state index contributed by atoms with van der Waals surface area (Å²) in [6.07, 6.45) is 0. The molecule has 3 N–H and O–H groups in total. The fourth-order valence-corrected chi connectivity index (χ4v) is 1.79. The topological polar surface area (TPSA) is 60.2 Å². The molecule has 0 amide bonds. The zero-order valence-corrected chi connectivity index (χ0v) is 10.7. The largest absolute Gasteiger partial charge is 0.487 e. The highest BCUT2D eigenvalue weighted by Crippen LogP contribution is 2.22. The van der Waals surface area contributed by atoms with Crippen LogP contribution in [0.3, 0.4) is 0 Å². The van der Waals surface area contributed by atoms with Gasteiger partial charge in [-0.2, -0.15) is 0 Å². The molecule has 2 aromatic rings. The van der Waals surface area contributed by atoms with Crippen molar-refractivity contribution in [3.8, 4) is 5.75 Å². The number of pyridine rings is 1. The van der Waals surface area contributed by atoms with E-state index in [9.17, 15) is 0 Å². The number of anilines is 1. The third kappa shape index (κ3) is 3.12. The van der Waals surface area contributed by atoms with E-state index >= 15 is 0 Å². The van der Waals surface area contributed by atoms with Gasteiger partial charge >= 0.3 is 0 Å². The van der Waals surface area contributed by atoms with Crippen LogP contribution in [0.4, 0.5) is 5.82 Å². The zero-order valence-electron chi connectivity index (χ0n) is 9.98. The summed E-state index contributed by atoms with van der Waals surface area (Å²) in [5.41, 5.74) is 4.30. The number of halogens is 1. The number of aromatic nitrogens is 1. The normalized spacial score (nSPS) is 10.2. The summed E-state index contributed by atoms with van der Waals surface area (Å²) in [6.45, 7) is 2.34. The van der Waals surface area contributed by atoms with Crippen molar-refractivity contribution >= 4 is 17.4 Å². The van der Waals surface area contributed by atoms with Crippen molar-refractivity contribution in [1.29, 1.82) is 0 Å². The number of rotatable bonds is 4. The van der Waals surface area contributed by atoms with Gasteiger partial charge in [0.1, 0.15) is 18.2 Å². The minimum absolute atomic E-state index is 0.387. The van der Waals surface area contributed by atoms with Crippen LogP contribution in [-0.2, 0) is 6.61 Å². The maximum Gasteiger partial charge on any atom is 0.140 e. The van der Waals surface area contributed by atoms with Gasteiger partial charge in [-0.1, -0.05) is 17.7 Å². The minimum atomic E-state index is 0.387. The number of benzene rings is 1. The zero-order chi connectivity index (χ0) is 13.0. The molecular weight excluding hydrogens is 250 g/mol. The number of aryl methyl sites for hydroxylation is 1. The number of hydrazine groups is 1. The van der Waals surface area contributed by atoms with Crippen LogP contribution in [0.2, 0.25) is 5.02 Å². The second kappa shape index (κ2) is 5.71. The van der Waals surface area contributed by atoms with E-state index in [0.717, 1.165) is 17.0 Å². The quantitative estimate of drug-likeness (QED) is 0.658. The summed E-state index contributed by atoms with van der Waals surface area (Å²) in [4.78, 5) is 4.27. The molecule has 0 bridgehead atoms. The van der Waals surface area contributed by atoms with Gasteiger partial charge in [-0.05, 0) is 42.8 Å². The van der Waals surface area contributed by atoms with Crippen molar-refractivity contribution in [3.63, 3.8) is 0 Å². The van der Waals surface area contributed by atoms with Crippen LogP contribution in [0.25, 0.3) is 0 Å². The first kappa shape index (κ1) is 12.7. The van der Waals surface area contributed by atoms with Gasteiger partial charge < -0.3 is 10.2 Å². The number of nitrogen functional groups attached to an aromatic ring is 1. The Labute approximate surface area is 111 Å². The minimum Gasteiger partial charge on any atom is -0.487 e. The fraction of sp³-hybridized carbons (Fsp3) is 0.154.